The van der Waals surface area contributed by atoms with Gasteiger partial charge in [0, 0.05) is 19.5 Å². The summed E-state index contributed by atoms with van der Waals surface area (Å²) in [5, 5.41) is 15.5. The normalized spacial score (nSPS) is 14.9. The van der Waals surface area contributed by atoms with Crippen LogP contribution in [0.5, 0.6) is 0 Å². The number of halogens is 1. The summed E-state index contributed by atoms with van der Waals surface area (Å²) in [7, 11) is 0. The van der Waals surface area contributed by atoms with E-state index in [1.807, 2.05) is 0 Å². The fourth-order valence-electron chi connectivity index (χ4n) is 3.66. The lowest BCUT2D eigenvalue weighted by molar-refractivity contribution is 0.508. The number of aromatic nitrogens is 3. The van der Waals surface area contributed by atoms with Crippen molar-refractivity contribution in [3.8, 4) is 0 Å². The van der Waals surface area contributed by atoms with Gasteiger partial charge in [-0.3, -0.25) is 0 Å². The molecule has 1 atom stereocenters. The minimum atomic E-state index is 0. The zero-order valence-electron chi connectivity index (χ0n) is 18.1. The monoisotopic (exact) mass is 510 g/mol. The Morgan fingerprint density at radius 2 is 1.90 bits per heavy atom. The van der Waals surface area contributed by atoms with E-state index < -0.39 is 0 Å². The molecule has 0 saturated heterocycles. The zero-order valence-corrected chi connectivity index (χ0v) is 20.4. The van der Waals surface area contributed by atoms with Gasteiger partial charge in [0.05, 0.1) is 6.04 Å². The van der Waals surface area contributed by atoms with Crippen molar-refractivity contribution < 1.29 is 0 Å². The molecule has 0 fully saturated rings. The van der Waals surface area contributed by atoms with Gasteiger partial charge in [0.1, 0.15) is 12.4 Å². The Labute approximate surface area is 192 Å². The van der Waals surface area contributed by atoms with Gasteiger partial charge in [0.15, 0.2) is 11.8 Å². The van der Waals surface area contributed by atoms with Crippen molar-refractivity contribution in [2.24, 2.45) is 10.9 Å². The van der Waals surface area contributed by atoms with Gasteiger partial charge in [0.2, 0.25) is 0 Å². The molecule has 0 radical (unpaired) electrons. The third-order valence-electron chi connectivity index (χ3n) is 5.14. The zero-order chi connectivity index (χ0) is 19.9. The molecule has 0 saturated carbocycles. The minimum Gasteiger partial charge on any atom is -0.357 e. The van der Waals surface area contributed by atoms with Crippen LogP contribution < -0.4 is 10.6 Å². The maximum Gasteiger partial charge on any atom is 0.192 e. The lowest BCUT2D eigenvalue weighted by atomic mass is 10.00. The second-order valence-corrected chi connectivity index (χ2v) is 8.04. The minimum absolute atomic E-state index is 0. The number of hydrogen-bond acceptors (Lipinski definition) is 3. The molecule has 160 valence electrons. The van der Waals surface area contributed by atoms with E-state index in [9.17, 15) is 0 Å². The number of nitrogens with one attached hydrogen (secondary N) is 2. The van der Waals surface area contributed by atoms with E-state index >= 15 is 0 Å². The second-order valence-electron chi connectivity index (χ2n) is 8.04. The largest absolute Gasteiger partial charge is 0.357 e. The molecule has 0 bridgehead atoms. The average Bonchev–Trinajstić information content (AvgIpc) is 3.09. The molecule has 0 aliphatic carbocycles. The molecule has 1 aromatic heterocycles. The van der Waals surface area contributed by atoms with Crippen LogP contribution in [0.3, 0.4) is 0 Å². The van der Waals surface area contributed by atoms with Crippen molar-refractivity contribution in [1.82, 2.24) is 25.4 Å². The number of aryl methyl sites for hydroxylation is 1. The highest BCUT2D eigenvalue weighted by molar-refractivity contribution is 14.0. The fraction of sp³-hybridized carbons (Fsp3) is 0.591. The van der Waals surface area contributed by atoms with E-state index in [1.165, 1.54) is 24.0 Å². The molecule has 0 spiro atoms. The highest BCUT2D eigenvalue weighted by atomic mass is 127. The highest BCUT2D eigenvalue weighted by Crippen LogP contribution is 2.16. The van der Waals surface area contributed by atoms with E-state index in [0.717, 1.165) is 43.5 Å². The SMILES string of the molecule is CCNC(=NCc1nnc2n1CCCC2)NC(C)c1ccc(CC(C)C)cc1.I. The van der Waals surface area contributed by atoms with Crippen molar-refractivity contribution in [1.29, 1.82) is 0 Å². The first-order valence-corrected chi connectivity index (χ1v) is 10.6. The van der Waals surface area contributed by atoms with Gasteiger partial charge in [-0.2, -0.15) is 0 Å². The first-order chi connectivity index (χ1) is 13.6. The summed E-state index contributed by atoms with van der Waals surface area (Å²) in [6.45, 7) is 11.1. The first kappa shape index (κ1) is 23.6. The summed E-state index contributed by atoms with van der Waals surface area (Å²) in [5.74, 6) is 3.55. The molecule has 3 rings (SSSR count). The van der Waals surface area contributed by atoms with Crippen LogP contribution in [-0.4, -0.2) is 27.3 Å². The van der Waals surface area contributed by atoms with Gasteiger partial charge >= 0.3 is 0 Å². The number of fused-ring (bicyclic) bond motifs is 1. The number of benzene rings is 1. The first-order valence-electron chi connectivity index (χ1n) is 10.6. The van der Waals surface area contributed by atoms with Crippen molar-refractivity contribution in [3.63, 3.8) is 0 Å². The Balaban J connectivity index is 0.00000300. The molecule has 1 aromatic carbocycles. The van der Waals surface area contributed by atoms with Crippen LogP contribution in [0.2, 0.25) is 0 Å². The molecule has 1 unspecified atom stereocenters. The number of hydrogen-bond donors (Lipinski definition) is 2. The van der Waals surface area contributed by atoms with Crippen LogP contribution in [0, 0.1) is 5.92 Å². The summed E-state index contributed by atoms with van der Waals surface area (Å²) in [6.07, 6.45) is 4.55. The molecular weight excluding hydrogens is 475 g/mol. The predicted octanol–water partition coefficient (Wildman–Crippen LogP) is 4.25. The molecule has 6 nitrogen and oxygen atoms in total. The Morgan fingerprint density at radius 1 is 1.14 bits per heavy atom. The standard InChI is InChI=1S/C22H34N6.HI/c1-5-23-22(24-15-21-27-26-20-8-6-7-13-28(20)21)25-17(4)19-11-9-18(10-12-19)14-16(2)3;/h9-12,16-17H,5-8,13-15H2,1-4H3,(H2,23,24,25);1H. The summed E-state index contributed by atoms with van der Waals surface area (Å²) in [6, 6.07) is 9.08. The summed E-state index contributed by atoms with van der Waals surface area (Å²) in [4.78, 5) is 4.76. The van der Waals surface area contributed by atoms with Crippen LogP contribution in [0.25, 0.3) is 0 Å². The van der Waals surface area contributed by atoms with Gasteiger partial charge in [-0.1, -0.05) is 38.1 Å². The predicted molar refractivity (Wildman–Crippen MR) is 130 cm³/mol. The molecule has 0 amide bonds. The van der Waals surface area contributed by atoms with E-state index in [-0.39, 0.29) is 30.0 Å². The topological polar surface area (TPSA) is 67.1 Å². The quantitative estimate of drug-likeness (QED) is 0.332. The third kappa shape index (κ3) is 6.69. The Bertz CT molecular complexity index is 781. The average molecular weight is 510 g/mol. The van der Waals surface area contributed by atoms with Crippen molar-refractivity contribution in [2.75, 3.05) is 6.54 Å². The van der Waals surface area contributed by atoms with E-state index in [2.05, 4.69) is 77.4 Å². The lowest BCUT2D eigenvalue weighted by Gasteiger charge is -2.19. The van der Waals surface area contributed by atoms with Crippen LogP contribution in [-0.2, 0) is 25.9 Å². The molecule has 1 aliphatic heterocycles. The second kappa shape index (κ2) is 11.5. The Kier molecular flexibility index (Phi) is 9.39. The summed E-state index contributed by atoms with van der Waals surface area (Å²) < 4.78 is 2.23. The van der Waals surface area contributed by atoms with E-state index in [4.69, 9.17) is 4.99 Å². The summed E-state index contributed by atoms with van der Waals surface area (Å²) in [5.41, 5.74) is 2.65. The maximum absolute atomic E-state index is 4.76. The smallest absolute Gasteiger partial charge is 0.192 e. The molecule has 7 heteroatoms. The van der Waals surface area contributed by atoms with Crippen LogP contribution in [0.4, 0.5) is 0 Å². The molecule has 29 heavy (non-hydrogen) atoms. The third-order valence-corrected chi connectivity index (χ3v) is 5.14. The summed E-state index contributed by atoms with van der Waals surface area (Å²) >= 11 is 0. The van der Waals surface area contributed by atoms with Crippen molar-refractivity contribution in [2.45, 2.75) is 72.5 Å². The van der Waals surface area contributed by atoms with Gasteiger partial charge < -0.3 is 15.2 Å². The molecule has 2 heterocycles. The molecular formula is C22H35IN6. The fourth-order valence-corrected chi connectivity index (χ4v) is 3.66. The molecule has 2 aromatic rings. The van der Waals surface area contributed by atoms with Crippen LogP contribution in [0.15, 0.2) is 29.3 Å². The van der Waals surface area contributed by atoms with Gasteiger partial charge in [0.25, 0.3) is 0 Å². The Morgan fingerprint density at radius 3 is 2.59 bits per heavy atom. The van der Waals surface area contributed by atoms with Gasteiger partial charge in [-0.05, 0) is 50.2 Å². The molecule has 1 aliphatic rings. The molecule has 2 N–H and O–H groups in total. The van der Waals surface area contributed by atoms with Gasteiger partial charge in [-0.15, -0.1) is 34.2 Å². The van der Waals surface area contributed by atoms with Crippen LogP contribution in [0.1, 0.15) is 69.4 Å². The number of aliphatic imine (C=N–C) groups is 1. The van der Waals surface area contributed by atoms with Crippen LogP contribution >= 0.6 is 24.0 Å². The number of guanidine groups is 1. The van der Waals surface area contributed by atoms with Crippen molar-refractivity contribution in [3.05, 3.63) is 47.0 Å². The van der Waals surface area contributed by atoms with E-state index in [0.29, 0.717) is 12.5 Å². The number of rotatable bonds is 7. The lowest BCUT2D eigenvalue weighted by Crippen LogP contribution is -2.38. The maximum atomic E-state index is 4.76. The number of nitrogens with zero attached hydrogens (tertiary/aromatic N) is 4. The van der Waals surface area contributed by atoms with E-state index in [1.54, 1.807) is 0 Å². The van der Waals surface area contributed by atoms with Gasteiger partial charge in [-0.25, -0.2) is 4.99 Å². The Hall–Kier alpha value is -1.64. The highest BCUT2D eigenvalue weighted by Gasteiger charge is 2.15. The van der Waals surface area contributed by atoms with Crippen molar-refractivity contribution >= 4 is 29.9 Å².